The molecule has 0 atom stereocenters. The number of nitrogens with one attached hydrogen (secondary N) is 1. The van der Waals surface area contributed by atoms with Crippen LogP contribution < -0.4 is 4.72 Å². The number of hydrogen-bond donors (Lipinski definition) is 1. The van der Waals surface area contributed by atoms with Gasteiger partial charge in [0.1, 0.15) is 5.15 Å². The Bertz CT molecular complexity index is 909. The third kappa shape index (κ3) is 4.34. The molecule has 6 heteroatoms. The third-order valence-electron chi connectivity index (χ3n) is 3.42. The van der Waals surface area contributed by atoms with Gasteiger partial charge in [-0.1, -0.05) is 54.1 Å². The summed E-state index contributed by atoms with van der Waals surface area (Å²) in [5.41, 5.74) is 3.12. The fourth-order valence-corrected chi connectivity index (χ4v) is 3.60. The van der Waals surface area contributed by atoms with Crippen LogP contribution in [0.1, 0.15) is 5.56 Å². The summed E-state index contributed by atoms with van der Waals surface area (Å²) in [5.74, 6) is -0.0588. The lowest BCUT2D eigenvalue weighted by molar-refractivity contribution is 0.600. The van der Waals surface area contributed by atoms with Crippen molar-refractivity contribution in [2.45, 2.75) is 5.75 Å². The number of halogens is 1. The van der Waals surface area contributed by atoms with Crippen LogP contribution in [-0.2, 0) is 15.8 Å². The predicted molar refractivity (Wildman–Crippen MR) is 97.4 cm³/mol. The Hall–Kier alpha value is -2.37. The number of hydrogen-bond acceptors (Lipinski definition) is 3. The molecule has 0 aliphatic carbocycles. The van der Waals surface area contributed by atoms with E-state index in [1.54, 1.807) is 36.5 Å². The van der Waals surface area contributed by atoms with Gasteiger partial charge >= 0.3 is 0 Å². The zero-order valence-electron chi connectivity index (χ0n) is 12.7. The fourth-order valence-electron chi connectivity index (χ4n) is 2.29. The first kappa shape index (κ1) is 16.5. The first-order chi connectivity index (χ1) is 11.5. The minimum atomic E-state index is -3.45. The molecule has 0 aliphatic rings. The number of nitrogens with zero attached hydrogens (tertiary/aromatic N) is 1. The molecule has 3 rings (SSSR count). The Morgan fingerprint density at radius 1 is 0.875 bits per heavy atom. The quantitative estimate of drug-likeness (QED) is 0.690. The van der Waals surface area contributed by atoms with Gasteiger partial charge in [0.05, 0.1) is 5.75 Å². The van der Waals surface area contributed by atoms with Crippen molar-refractivity contribution in [1.82, 2.24) is 4.98 Å². The molecule has 122 valence electrons. The summed E-state index contributed by atoms with van der Waals surface area (Å²) in [5, 5.41) is 0.434. The summed E-state index contributed by atoms with van der Waals surface area (Å²) in [4.78, 5) is 4.04. The zero-order valence-corrected chi connectivity index (χ0v) is 14.3. The van der Waals surface area contributed by atoms with E-state index in [0.29, 0.717) is 10.8 Å². The molecule has 1 aromatic heterocycles. The summed E-state index contributed by atoms with van der Waals surface area (Å²) in [6.45, 7) is 0. The smallest absolute Gasteiger partial charge is 0.236 e. The van der Waals surface area contributed by atoms with Gasteiger partial charge in [-0.05, 0) is 35.4 Å². The van der Waals surface area contributed by atoms with Crippen LogP contribution in [0.5, 0.6) is 0 Å². The van der Waals surface area contributed by atoms with E-state index >= 15 is 0 Å². The van der Waals surface area contributed by atoms with Crippen LogP contribution in [-0.4, -0.2) is 13.4 Å². The van der Waals surface area contributed by atoms with Gasteiger partial charge in [0.2, 0.25) is 10.0 Å². The van der Waals surface area contributed by atoms with Crippen LogP contribution in [0.2, 0.25) is 5.15 Å². The minimum absolute atomic E-state index is 0.0588. The summed E-state index contributed by atoms with van der Waals surface area (Å²) in [7, 11) is -3.45. The van der Waals surface area contributed by atoms with E-state index in [0.717, 1.165) is 16.7 Å². The largest absolute Gasteiger partial charge is 0.283 e. The highest BCUT2D eigenvalue weighted by Crippen LogP contribution is 2.22. The average molecular weight is 359 g/mol. The highest BCUT2D eigenvalue weighted by Gasteiger charge is 2.11. The average Bonchev–Trinajstić information content (AvgIpc) is 2.56. The predicted octanol–water partition coefficient (Wildman–Crippen LogP) is 4.34. The highest BCUT2D eigenvalue weighted by atomic mass is 35.5. The van der Waals surface area contributed by atoms with Gasteiger partial charge in [-0.3, -0.25) is 4.72 Å². The lowest BCUT2D eigenvalue weighted by Crippen LogP contribution is -2.14. The number of rotatable bonds is 5. The molecule has 0 saturated heterocycles. The summed E-state index contributed by atoms with van der Waals surface area (Å²) in [6, 6.07) is 19.8. The van der Waals surface area contributed by atoms with Crippen LogP contribution in [0, 0.1) is 0 Å². The Morgan fingerprint density at radius 3 is 2.17 bits per heavy atom. The van der Waals surface area contributed by atoms with Gasteiger partial charge in [0.15, 0.2) is 0 Å². The molecule has 24 heavy (non-hydrogen) atoms. The van der Waals surface area contributed by atoms with Gasteiger partial charge in [0.25, 0.3) is 0 Å². The van der Waals surface area contributed by atoms with Crippen LogP contribution in [0.15, 0.2) is 72.9 Å². The molecule has 0 unspecified atom stereocenters. The Morgan fingerprint density at radius 2 is 1.54 bits per heavy atom. The van der Waals surface area contributed by atoms with E-state index in [9.17, 15) is 8.42 Å². The fraction of sp³-hybridized carbons (Fsp3) is 0.0556. The zero-order chi connectivity index (χ0) is 17.0. The molecule has 0 bridgehead atoms. The van der Waals surface area contributed by atoms with Crippen molar-refractivity contribution in [3.8, 4) is 11.1 Å². The normalized spacial score (nSPS) is 11.2. The SMILES string of the molecule is O=S(=O)(Cc1ccccc1)Nc1ccc(-c2ccc(Cl)nc2)cc1. The van der Waals surface area contributed by atoms with Crippen molar-refractivity contribution in [2.24, 2.45) is 0 Å². The van der Waals surface area contributed by atoms with Crippen LogP contribution in [0.25, 0.3) is 11.1 Å². The van der Waals surface area contributed by atoms with Crippen molar-refractivity contribution in [1.29, 1.82) is 0 Å². The summed E-state index contributed by atoms with van der Waals surface area (Å²) in [6.07, 6.45) is 1.68. The molecule has 0 radical (unpaired) electrons. The molecule has 0 fully saturated rings. The van der Waals surface area contributed by atoms with Crippen molar-refractivity contribution < 1.29 is 8.42 Å². The van der Waals surface area contributed by atoms with Gasteiger partial charge in [-0.15, -0.1) is 0 Å². The Labute approximate surface area is 146 Å². The lowest BCUT2D eigenvalue weighted by Gasteiger charge is -2.09. The standard InChI is InChI=1S/C18H15ClN2O2S/c19-18-11-8-16(12-20-18)15-6-9-17(10-7-15)21-24(22,23)13-14-4-2-1-3-5-14/h1-12,21H,13H2. The molecule has 1 heterocycles. The van der Waals surface area contributed by atoms with Crippen molar-refractivity contribution in [2.75, 3.05) is 4.72 Å². The third-order valence-corrected chi connectivity index (χ3v) is 4.90. The summed E-state index contributed by atoms with van der Waals surface area (Å²) < 4.78 is 27.0. The van der Waals surface area contributed by atoms with Crippen LogP contribution in [0.3, 0.4) is 0 Å². The molecule has 1 N–H and O–H groups in total. The molecular weight excluding hydrogens is 344 g/mol. The first-order valence-electron chi connectivity index (χ1n) is 7.28. The Kier molecular flexibility index (Phi) is 4.83. The molecular formula is C18H15ClN2O2S. The number of benzene rings is 2. The van der Waals surface area contributed by atoms with Gasteiger partial charge in [-0.2, -0.15) is 0 Å². The first-order valence-corrected chi connectivity index (χ1v) is 9.31. The second-order valence-corrected chi connectivity index (χ2v) is 7.40. The molecule has 4 nitrogen and oxygen atoms in total. The topological polar surface area (TPSA) is 59.1 Å². The van der Waals surface area contributed by atoms with E-state index in [2.05, 4.69) is 9.71 Å². The van der Waals surface area contributed by atoms with E-state index in [1.807, 2.05) is 36.4 Å². The molecule has 2 aromatic carbocycles. The second kappa shape index (κ2) is 7.03. The minimum Gasteiger partial charge on any atom is -0.283 e. The molecule has 3 aromatic rings. The number of aromatic nitrogens is 1. The lowest BCUT2D eigenvalue weighted by atomic mass is 10.1. The van der Waals surface area contributed by atoms with E-state index in [1.165, 1.54) is 0 Å². The van der Waals surface area contributed by atoms with Gasteiger partial charge < -0.3 is 0 Å². The maximum Gasteiger partial charge on any atom is 0.236 e. The number of pyridine rings is 1. The highest BCUT2D eigenvalue weighted by molar-refractivity contribution is 7.91. The van der Waals surface area contributed by atoms with Crippen molar-refractivity contribution in [3.05, 3.63) is 83.6 Å². The summed E-state index contributed by atoms with van der Waals surface area (Å²) >= 11 is 5.78. The second-order valence-electron chi connectivity index (χ2n) is 5.29. The molecule has 0 aliphatic heterocycles. The number of anilines is 1. The van der Waals surface area contributed by atoms with Crippen molar-refractivity contribution >= 4 is 27.3 Å². The monoisotopic (exact) mass is 358 g/mol. The Balaban J connectivity index is 1.73. The number of sulfonamides is 1. The van der Waals surface area contributed by atoms with Crippen molar-refractivity contribution in [3.63, 3.8) is 0 Å². The van der Waals surface area contributed by atoms with E-state index in [4.69, 9.17) is 11.6 Å². The van der Waals surface area contributed by atoms with Crippen LogP contribution in [0.4, 0.5) is 5.69 Å². The van der Waals surface area contributed by atoms with Gasteiger partial charge in [0, 0.05) is 17.4 Å². The van der Waals surface area contributed by atoms with Crippen LogP contribution >= 0.6 is 11.6 Å². The molecule has 0 amide bonds. The van der Waals surface area contributed by atoms with Gasteiger partial charge in [-0.25, -0.2) is 13.4 Å². The molecule has 0 saturated carbocycles. The molecule has 0 spiro atoms. The van der Waals surface area contributed by atoms with E-state index < -0.39 is 10.0 Å². The maximum atomic E-state index is 12.2. The van der Waals surface area contributed by atoms with E-state index in [-0.39, 0.29) is 5.75 Å². The maximum absolute atomic E-state index is 12.2.